The number of carbonyl (C=O) groups is 1. The van der Waals surface area contributed by atoms with Gasteiger partial charge in [0.05, 0.1) is 17.2 Å². The molecular weight excluding hydrogens is 375 g/mol. The number of oxime groups is 1. The Kier molecular flexibility index (Phi) is 5.30. The Labute approximate surface area is 159 Å². The molecule has 0 bridgehead atoms. The van der Waals surface area contributed by atoms with Gasteiger partial charge in [0.15, 0.2) is 11.6 Å². The van der Waals surface area contributed by atoms with Gasteiger partial charge in [-0.1, -0.05) is 64.8 Å². The smallest absolute Gasteiger partial charge is 0.371 e. The Morgan fingerprint density at radius 3 is 2.42 bits per heavy atom. The highest BCUT2D eigenvalue weighted by molar-refractivity contribution is 6.37. The van der Waals surface area contributed by atoms with Crippen LogP contribution in [0.5, 0.6) is 5.75 Å². The highest BCUT2D eigenvalue weighted by Crippen LogP contribution is 2.34. The maximum Gasteiger partial charge on any atom is 0.371 e. The lowest BCUT2D eigenvalue weighted by molar-refractivity contribution is 0.0512. The normalized spacial score (nSPS) is 11.4. The van der Waals surface area contributed by atoms with Gasteiger partial charge < -0.3 is 15.3 Å². The summed E-state index contributed by atoms with van der Waals surface area (Å²) in [6.07, 6.45) is 0. The Morgan fingerprint density at radius 2 is 1.69 bits per heavy atom. The molecule has 0 fully saturated rings. The fourth-order valence-electron chi connectivity index (χ4n) is 2.46. The van der Waals surface area contributed by atoms with E-state index in [2.05, 4.69) is 5.16 Å². The molecule has 3 rings (SSSR count). The van der Waals surface area contributed by atoms with Gasteiger partial charge in [-0.3, -0.25) is 0 Å². The summed E-state index contributed by atoms with van der Waals surface area (Å²) in [7, 11) is 1.38. The molecule has 0 atom stereocenters. The molecule has 3 aromatic rings. The number of halogens is 2. The van der Waals surface area contributed by atoms with Gasteiger partial charge in [0.1, 0.15) is 5.56 Å². The molecule has 5 nitrogen and oxygen atoms in total. The van der Waals surface area contributed by atoms with E-state index in [9.17, 15) is 4.79 Å². The van der Waals surface area contributed by atoms with Crippen molar-refractivity contribution in [2.24, 2.45) is 10.9 Å². The molecule has 0 amide bonds. The third kappa shape index (κ3) is 3.59. The third-order valence-electron chi connectivity index (χ3n) is 3.74. The number of carbonyl (C=O) groups excluding carboxylic acids is 1. The number of benzene rings is 3. The minimum atomic E-state index is -0.821. The second-order valence-corrected chi connectivity index (χ2v) is 6.17. The minimum absolute atomic E-state index is 0.0169. The second kappa shape index (κ2) is 7.64. The fourth-order valence-corrected chi connectivity index (χ4v) is 2.92. The molecule has 0 radical (unpaired) electrons. The van der Waals surface area contributed by atoms with Crippen molar-refractivity contribution in [2.75, 3.05) is 7.11 Å². The van der Waals surface area contributed by atoms with Crippen LogP contribution in [0, 0.1) is 0 Å². The fraction of sp³-hybridized carbons (Fsp3) is 0.0526. The van der Waals surface area contributed by atoms with E-state index in [0.29, 0.717) is 5.56 Å². The maximum absolute atomic E-state index is 12.3. The number of methoxy groups -OCH3 is 1. The average Bonchev–Trinajstić information content (AvgIpc) is 2.66. The molecular formula is C19H14Cl2N2O3. The van der Waals surface area contributed by atoms with Crippen molar-refractivity contribution in [3.8, 4) is 5.75 Å². The first-order valence-electron chi connectivity index (χ1n) is 7.57. The van der Waals surface area contributed by atoms with Gasteiger partial charge in [-0.15, -0.1) is 0 Å². The van der Waals surface area contributed by atoms with E-state index in [1.807, 2.05) is 36.4 Å². The second-order valence-electron chi connectivity index (χ2n) is 5.35. The van der Waals surface area contributed by atoms with Gasteiger partial charge in [0, 0.05) is 5.56 Å². The van der Waals surface area contributed by atoms with Crippen molar-refractivity contribution in [1.29, 1.82) is 0 Å². The summed E-state index contributed by atoms with van der Waals surface area (Å²) < 4.78 is 5.12. The monoisotopic (exact) mass is 388 g/mol. The number of rotatable bonds is 4. The summed E-state index contributed by atoms with van der Waals surface area (Å²) in [6, 6.07) is 16.4. The van der Waals surface area contributed by atoms with Crippen molar-refractivity contribution in [2.45, 2.75) is 0 Å². The predicted octanol–water partition coefficient (Wildman–Crippen LogP) is 4.63. The van der Waals surface area contributed by atoms with E-state index < -0.39 is 5.97 Å². The van der Waals surface area contributed by atoms with Crippen molar-refractivity contribution in [1.82, 2.24) is 0 Å². The average molecular weight is 389 g/mol. The lowest BCUT2D eigenvalue weighted by atomic mass is 10.1. The van der Waals surface area contributed by atoms with Crippen LogP contribution in [0.3, 0.4) is 0 Å². The quantitative estimate of drug-likeness (QED) is 0.306. The number of fused-ring (bicyclic) bond motifs is 1. The first-order chi connectivity index (χ1) is 12.5. The van der Waals surface area contributed by atoms with Crippen LogP contribution in [-0.4, -0.2) is 18.9 Å². The van der Waals surface area contributed by atoms with Crippen LogP contribution in [0.15, 0.2) is 59.8 Å². The molecule has 0 spiro atoms. The number of amidine groups is 1. The van der Waals surface area contributed by atoms with E-state index in [1.54, 1.807) is 6.07 Å². The van der Waals surface area contributed by atoms with E-state index in [-0.39, 0.29) is 27.2 Å². The Hall–Kier alpha value is -2.76. The standard InChI is InChI=1S/C19H14Cl2N2O3/c1-25-17-15(21)9-8-14(20)16(17)19(24)26-23-18(22)13-7-6-11-4-2-3-5-12(11)10-13/h2-10H,1H3,(H2,22,23). The van der Waals surface area contributed by atoms with Gasteiger partial charge in [0.25, 0.3) is 0 Å². The van der Waals surface area contributed by atoms with Gasteiger partial charge in [-0.2, -0.15) is 0 Å². The summed E-state index contributed by atoms with van der Waals surface area (Å²) >= 11 is 12.1. The van der Waals surface area contributed by atoms with Gasteiger partial charge in [-0.25, -0.2) is 4.79 Å². The molecule has 0 heterocycles. The number of nitrogens with two attached hydrogens (primary N) is 1. The zero-order valence-electron chi connectivity index (χ0n) is 13.7. The summed E-state index contributed by atoms with van der Waals surface area (Å²) in [4.78, 5) is 17.3. The molecule has 7 heteroatoms. The van der Waals surface area contributed by atoms with Crippen molar-refractivity contribution < 1.29 is 14.4 Å². The molecule has 0 aliphatic heterocycles. The number of hydrogen-bond acceptors (Lipinski definition) is 4. The summed E-state index contributed by atoms with van der Waals surface area (Å²) in [6.45, 7) is 0. The van der Waals surface area contributed by atoms with E-state index in [0.717, 1.165) is 10.8 Å². The van der Waals surface area contributed by atoms with Crippen LogP contribution in [-0.2, 0) is 4.84 Å². The molecule has 26 heavy (non-hydrogen) atoms. The highest BCUT2D eigenvalue weighted by atomic mass is 35.5. The summed E-state index contributed by atoms with van der Waals surface area (Å²) in [5.41, 5.74) is 6.54. The SMILES string of the molecule is COc1c(Cl)ccc(Cl)c1C(=O)ON=C(N)c1ccc2ccccc2c1. The molecule has 0 aromatic heterocycles. The van der Waals surface area contributed by atoms with Gasteiger partial charge in [0.2, 0.25) is 0 Å². The molecule has 0 unspecified atom stereocenters. The Morgan fingerprint density at radius 1 is 1.00 bits per heavy atom. The van der Waals surface area contributed by atoms with Crippen molar-refractivity contribution in [3.05, 3.63) is 75.8 Å². The molecule has 2 N–H and O–H groups in total. The minimum Gasteiger partial charge on any atom is -0.494 e. The van der Waals surface area contributed by atoms with Crippen LogP contribution in [0.25, 0.3) is 10.8 Å². The van der Waals surface area contributed by atoms with Crippen LogP contribution in [0.2, 0.25) is 10.0 Å². The first-order valence-corrected chi connectivity index (χ1v) is 8.33. The van der Waals surface area contributed by atoms with E-state index in [4.69, 9.17) is 38.5 Å². The zero-order valence-corrected chi connectivity index (χ0v) is 15.2. The van der Waals surface area contributed by atoms with Crippen LogP contribution in [0.4, 0.5) is 0 Å². The molecule has 0 saturated heterocycles. The number of nitrogens with zero attached hydrogens (tertiary/aromatic N) is 1. The third-order valence-corrected chi connectivity index (χ3v) is 4.35. The predicted molar refractivity (Wildman–Crippen MR) is 103 cm³/mol. The van der Waals surface area contributed by atoms with Crippen molar-refractivity contribution >= 4 is 45.8 Å². The zero-order chi connectivity index (χ0) is 18.7. The molecule has 3 aromatic carbocycles. The van der Waals surface area contributed by atoms with Crippen molar-refractivity contribution in [3.63, 3.8) is 0 Å². The molecule has 0 aliphatic rings. The lowest BCUT2D eigenvalue weighted by Gasteiger charge is -2.09. The summed E-state index contributed by atoms with van der Waals surface area (Å²) in [5, 5.41) is 6.14. The lowest BCUT2D eigenvalue weighted by Crippen LogP contribution is -2.15. The highest BCUT2D eigenvalue weighted by Gasteiger charge is 2.21. The molecule has 0 aliphatic carbocycles. The first kappa shape index (κ1) is 18.0. The van der Waals surface area contributed by atoms with Gasteiger partial charge in [-0.05, 0) is 29.0 Å². The Balaban J connectivity index is 1.87. The number of ether oxygens (including phenoxy) is 1. The topological polar surface area (TPSA) is 73.9 Å². The van der Waals surface area contributed by atoms with E-state index in [1.165, 1.54) is 19.2 Å². The largest absolute Gasteiger partial charge is 0.494 e. The molecule has 0 saturated carbocycles. The van der Waals surface area contributed by atoms with Crippen LogP contribution in [0.1, 0.15) is 15.9 Å². The Bertz CT molecular complexity index is 1020. The van der Waals surface area contributed by atoms with Crippen LogP contribution >= 0.6 is 23.2 Å². The summed E-state index contributed by atoms with van der Waals surface area (Å²) in [5.74, 6) is -0.650. The molecule has 132 valence electrons. The van der Waals surface area contributed by atoms with E-state index >= 15 is 0 Å². The number of hydrogen-bond donors (Lipinski definition) is 1. The van der Waals surface area contributed by atoms with Crippen LogP contribution < -0.4 is 10.5 Å². The van der Waals surface area contributed by atoms with Gasteiger partial charge >= 0.3 is 5.97 Å². The maximum atomic E-state index is 12.3.